The smallest absolute Gasteiger partial charge is 0.315 e. The van der Waals surface area contributed by atoms with Crippen LogP contribution in [-0.2, 0) is 10.2 Å². The molecule has 0 bridgehead atoms. The summed E-state index contributed by atoms with van der Waals surface area (Å²) in [6.07, 6.45) is 0.935. The Balaban J connectivity index is 1.71. The van der Waals surface area contributed by atoms with Crippen molar-refractivity contribution in [3.05, 3.63) is 53.8 Å². The number of hydrogen-bond donors (Lipinski definition) is 1. The first-order chi connectivity index (χ1) is 13.9. The molecule has 0 aliphatic carbocycles. The van der Waals surface area contributed by atoms with Crippen LogP contribution in [0.2, 0.25) is 0 Å². The van der Waals surface area contributed by atoms with E-state index in [-0.39, 0.29) is 23.6 Å². The van der Waals surface area contributed by atoms with Gasteiger partial charge in [-0.15, -0.1) is 0 Å². The lowest BCUT2D eigenvalue weighted by Gasteiger charge is -2.25. The van der Waals surface area contributed by atoms with Crippen molar-refractivity contribution in [2.75, 3.05) is 47.9 Å². The Morgan fingerprint density at radius 1 is 0.931 bits per heavy atom. The zero-order valence-electron chi connectivity index (χ0n) is 15.6. The molecule has 4 rings (SSSR count). The molecule has 0 atom stereocenters. The zero-order valence-corrected chi connectivity index (χ0v) is 16.4. The van der Waals surface area contributed by atoms with E-state index in [2.05, 4.69) is 10.2 Å². The molecule has 0 radical (unpaired) electrons. The van der Waals surface area contributed by atoms with Crippen molar-refractivity contribution in [3.63, 3.8) is 0 Å². The highest BCUT2D eigenvalue weighted by atomic mass is 32.2. The van der Waals surface area contributed by atoms with E-state index in [4.69, 9.17) is 0 Å². The number of hydrogen-bond acceptors (Lipinski definition) is 4. The van der Waals surface area contributed by atoms with Crippen LogP contribution < -0.4 is 13.9 Å². The number of halogens is 3. The van der Waals surface area contributed by atoms with Gasteiger partial charge in [0.1, 0.15) is 17.3 Å². The highest BCUT2D eigenvalue weighted by Gasteiger charge is 2.44. The molecule has 1 saturated heterocycles. The van der Waals surface area contributed by atoms with Crippen LogP contribution in [0.3, 0.4) is 0 Å². The van der Waals surface area contributed by atoms with Crippen molar-refractivity contribution < 1.29 is 21.6 Å². The largest absolute Gasteiger partial charge is 0.331 e. The van der Waals surface area contributed by atoms with Gasteiger partial charge in [0.15, 0.2) is 5.82 Å². The molecule has 29 heavy (non-hydrogen) atoms. The third-order valence-corrected chi connectivity index (χ3v) is 6.90. The molecule has 0 amide bonds. The lowest BCUT2D eigenvalue weighted by Crippen LogP contribution is -2.41. The molecule has 10 heteroatoms. The fourth-order valence-electron chi connectivity index (χ4n) is 3.74. The number of nitrogens with zero attached hydrogens (tertiary/aromatic N) is 3. The SMILES string of the molecule is O=S1(=O)N(CCN2CCCNCC2)c2c(F)cccc2N1c1ccc(F)cc1F. The Kier molecular flexibility index (Phi) is 5.41. The molecule has 6 nitrogen and oxygen atoms in total. The molecule has 0 spiro atoms. The van der Waals surface area contributed by atoms with Gasteiger partial charge in [0.05, 0.1) is 11.4 Å². The van der Waals surface area contributed by atoms with Crippen molar-refractivity contribution in [3.8, 4) is 0 Å². The number of anilines is 3. The van der Waals surface area contributed by atoms with Gasteiger partial charge in [-0.25, -0.2) is 21.8 Å². The summed E-state index contributed by atoms with van der Waals surface area (Å²) >= 11 is 0. The quantitative estimate of drug-likeness (QED) is 0.817. The van der Waals surface area contributed by atoms with Gasteiger partial charge < -0.3 is 10.2 Å². The van der Waals surface area contributed by atoms with E-state index in [0.29, 0.717) is 12.6 Å². The van der Waals surface area contributed by atoms with E-state index in [1.54, 1.807) is 0 Å². The maximum Gasteiger partial charge on any atom is 0.331 e. The highest BCUT2D eigenvalue weighted by molar-refractivity contribution is 7.95. The van der Waals surface area contributed by atoms with Crippen molar-refractivity contribution in [1.29, 1.82) is 0 Å². The Morgan fingerprint density at radius 2 is 1.76 bits per heavy atom. The summed E-state index contributed by atoms with van der Waals surface area (Å²) in [7, 11) is -4.29. The summed E-state index contributed by atoms with van der Waals surface area (Å²) in [5.74, 6) is -2.58. The molecule has 0 saturated carbocycles. The van der Waals surface area contributed by atoms with Gasteiger partial charge in [-0.3, -0.25) is 0 Å². The van der Waals surface area contributed by atoms with Crippen molar-refractivity contribution >= 4 is 27.3 Å². The van der Waals surface area contributed by atoms with E-state index in [9.17, 15) is 21.6 Å². The Morgan fingerprint density at radius 3 is 2.55 bits per heavy atom. The molecular weight excluding hydrogens is 405 g/mol. The summed E-state index contributed by atoms with van der Waals surface area (Å²) in [5.41, 5.74) is -0.461. The van der Waals surface area contributed by atoms with Crippen LogP contribution in [0.4, 0.5) is 30.2 Å². The average molecular weight is 426 g/mol. The highest BCUT2D eigenvalue weighted by Crippen LogP contribution is 2.47. The molecule has 2 aliphatic heterocycles. The van der Waals surface area contributed by atoms with E-state index in [1.807, 2.05) is 0 Å². The molecule has 1 fully saturated rings. The molecule has 156 valence electrons. The van der Waals surface area contributed by atoms with E-state index in [1.165, 1.54) is 18.2 Å². The third kappa shape index (κ3) is 3.67. The summed E-state index contributed by atoms with van der Waals surface area (Å²) in [6.45, 7) is 3.69. The van der Waals surface area contributed by atoms with Crippen molar-refractivity contribution in [2.45, 2.75) is 6.42 Å². The molecule has 0 aromatic heterocycles. The van der Waals surface area contributed by atoms with E-state index >= 15 is 0 Å². The molecule has 1 N–H and O–H groups in total. The fraction of sp³-hybridized carbons (Fsp3) is 0.368. The second-order valence-corrected chi connectivity index (χ2v) is 8.69. The maximum absolute atomic E-state index is 14.7. The van der Waals surface area contributed by atoms with E-state index < -0.39 is 27.7 Å². The Bertz CT molecular complexity index is 1010. The van der Waals surface area contributed by atoms with Gasteiger partial charge >= 0.3 is 10.2 Å². The fourth-order valence-corrected chi connectivity index (χ4v) is 5.45. The van der Waals surface area contributed by atoms with Crippen LogP contribution in [-0.4, -0.2) is 52.6 Å². The molecular formula is C19H21F3N4O2S. The summed E-state index contributed by atoms with van der Waals surface area (Å²) in [5, 5.41) is 3.27. The van der Waals surface area contributed by atoms with Gasteiger partial charge in [-0.05, 0) is 43.8 Å². The van der Waals surface area contributed by atoms with Gasteiger partial charge in [0.25, 0.3) is 0 Å². The minimum atomic E-state index is -4.29. The monoisotopic (exact) mass is 426 g/mol. The first-order valence-corrected chi connectivity index (χ1v) is 10.8. The summed E-state index contributed by atoms with van der Waals surface area (Å²) in [4.78, 5) is 2.11. The van der Waals surface area contributed by atoms with Crippen LogP contribution in [0.25, 0.3) is 0 Å². The molecule has 0 unspecified atom stereocenters. The minimum Gasteiger partial charge on any atom is -0.315 e. The van der Waals surface area contributed by atoms with Crippen LogP contribution in [0, 0.1) is 17.5 Å². The normalized spacial score (nSPS) is 19.3. The number of para-hydroxylation sites is 1. The predicted octanol–water partition coefficient (Wildman–Crippen LogP) is 2.60. The zero-order chi connectivity index (χ0) is 20.6. The second kappa shape index (κ2) is 7.85. The lowest BCUT2D eigenvalue weighted by molar-refractivity contribution is 0.301. The van der Waals surface area contributed by atoms with Crippen LogP contribution in [0.15, 0.2) is 36.4 Å². The predicted molar refractivity (Wildman–Crippen MR) is 105 cm³/mol. The topological polar surface area (TPSA) is 55.9 Å². The lowest BCUT2D eigenvalue weighted by atomic mass is 10.2. The van der Waals surface area contributed by atoms with Gasteiger partial charge in [0, 0.05) is 32.2 Å². The molecule has 2 aromatic carbocycles. The van der Waals surface area contributed by atoms with Crippen LogP contribution >= 0.6 is 0 Å². The van der Waals surface area contributed by atoms with Gasteiger partial charge in [-0.2, -0.15) is 8.42 Å². The average Bonchev–Trinajstić information content (AvgIpc) is 2.83. The summed E-state index contributed by atoms with van der Waals surface area (Å²) < 4.78 is 70.7. The van der Waals surface area contributed by atoms with Gasteiger partial charge in [0.2, 0.25) is 0 Å². The molecule has 2 aliphatic rings. The number of fused-ring (bicyclic) bond motifs is 1. The van der Waals surface area contributed by atoms with Crippen molar-refractivity contribution in [2.24, 2.45) is 0 Å². The Hall–Kier alpha value is -2.30. The van der Waals surface area contributed by atoms with Crippen molar-refractivity contribution in [1.82, 2.24) is 10.2 Å². The number of rotatable bonds is 4. The Labute approximate surface area is 167 Å². The van der Waals surface area contributed by atoms with E-state index in [0.717, 1.165) is 53.3 Å². The van der Waals surface area contributed by atoms with Crippen LogP contribution in [0.1, 0.15) is 6.42 Å². The maximum atomic E-state index is 14.7. The minimum absolute atomic E-state index is 0.00745. The first kappa shape index (κ1) is 20.0. The molecule has 2 aromatic rings. The van der Waals surface area contributed by atoms with Crippen LogP contribution in [0.5, 0.6) is 0 Å². The first-order valence-electron chi connectivity index (χ1n) is 9.39. The number of benzene rings is 2. The second-order valence-electron chi connectivity index (χ2n) is 6.99. The molecule has 2 heterocycles. The standard InChI is InChI=1S/C19H21F3N4O2S/c20-14-5-6-17(16(22)13-14)26-18-4-1-3-15(21)19(18)25(29(26,27)28)12-11-24-9-2-7-23-8-10-24/h1,3-6,13,23H,2,7-12H2. The third-order valence-electron chi connectivity index (χ3n) is 5.12. The number of nitrogens with one attached hydrogen (secondary N) is 1. The summed E-state index contributed by atoms with van der Waals surface area (Å²) in [6, 6.07) is 6.57. The van der Waals surface area contributed by atoms with Gasteiger partial charge in [-0.1, -0.05) is 6.07 Å².